The van der Waals surface area contributed by atoms with Crippen LogP contribution in [0.5, 0.6) is 17.2 Å². The molecule has 0 unspecified atom stereocenters. The van der Waals surface area contributed by atoms with Crippen LogP contribution in [0, 0.1) is 7.14 Å². The first-order chi connectivity index (χ1) is 12.8. The zero-order valence-electron chi connectivity index (χ0n) is 13.5. The maximum Gasteiger partial charge on any atom is 0.259 e. The maximum atomic E-state index is 12.6. The monoisotopic (exact) mass is 625 g/mol. The summed E-state index contributed by atoms with van der Waals surface area (Å²) in [7, 11) is 0. The van der Waals surface area contributed by atoms with Gasteiger partial charge in [0.05, 0.1) is 14.2 Å². The van der Waals surface area contributed by atoms with Gasteiger partial charge in [-0.05, 0) is 93.7 Å². The highest BCUT2D eigenvalue weighted by Crippen LogP contribution is 2.33. The Hall–Kier alpha value is -1.23. The van der Waals surface area contributed by atoms with Crippen molar-refractivity contribution in [3.05, 3.63) is 77.3 Å². The molecule has 0 fully saturated rings. The molecule has 2 N–H and O–H groups in total. The molecule has 0 heterocycles. The summed E-state index contributed by atoms with van der Waals surface area (Å²) in [5.74, 6) is 0.469. The minimum absolute atomic E-state index is 0.0554. The predicted molar refractivity (Wildman–Crippen MR) is 124 cm³/mol. The van der Waals surface area contributed by atoms with Crippen LogP contribution < -0.4 is 10.1 Å². The van der Waals surface area contributed by atoms with E-state index in [0.29, 0.717) is 30.8 Å². The Balaban J connectivity index is 1.84. The zero-order valence-corrected chi connectivity index (χ0v) is 19.3. The predicted octanol–water partition coefficient (Wildman–Crippen LogP) is 6.95. The fraction of sp³-hybridized carbons (Fsp3) is 0. The number of phenols is 1. The van der Waals surface area contributed by atoms with Crippen molar-refractivity contribution < 1.29 is 14.6 Å². The van der Waals surface area contributed by atoms with Crippen LogP contribution in [0.25, 0.3) is 0 Å². The summed E-state index contributed by atoms with van der Waals surface area (Å²) in [5, 5.41) is 13.9. The number of benzene rings is 3. The van der Waals surface area contributed by atoms with Crippen LogP contribution in [-0.4, -0.2) is 11.0 Å². The van der Waals surface area contributed by atoms with E-state index in [1.807, 2.05) is 22.6 Å². The van der Waals surface area contributed by atoms with Crippen molar-refractivity contribution in [2.75, 3.05) is 5.32 Å². The van der Waals surface area contributed by atoms with E-state index in [-0.39, 0.29) is 11.3 Å². The SMILES string of the molecule is O=C(Nc1ccc(Cl)c(Oc2ccc(Cl)cc2)c1)c1cc(I)cc(I)c1O. The van der Waals surface area contributed by atoms with Gasteiger partial charge in [-0.1, -0.05) is 23.2 Å². The minimum Gasteiger partial charge on any atom is -0.506 e. The molecular formula is C19H11Cl2I2NO3. The Kier molecular flexibility index (Phi) is 6.72. The first-order valence-electron chi connectivity index (χ1n) is 7.56. The molecule has 0 aliphatic carbocycles. The van der Waals surface area contributed by atoms with Gasteiger partial charge in [-0.15, -0.1) is 0 Å². The number of anilines is 1. The molecule has 3 rings (SSSR count). The molecule has 0 aromatic heterocycles. The van der Waals surface area contributed by atoms with Crippen molar-refractivity contribution in [1.29, 1.82) is 0 Å². The Morgan fingerprint density at radius 3 is 2.41 bits per heavy atom. The lowest BCUT2D eigenvalue weighted by atomic mass is 10.2. The number of nitrogens with one attached hydrogen (secondary N) is 1. The number of ether oxygens (including phenoxy) is 1. The topological polar surface area (TPSA) is 58.6 Å². The standard InChI is InChI=1S/C19H11Cl2I2NO3/c20-10-1-4-13(5-2-10)27-17-9-12(3-6-15(17)21)24-19(26)14-7-11(22)8-16(23)18(14)25/h1-9,25H,(H,24,26). The summed E-state index contributed by atoms with van der Waals surface area (Å²) in [4.78, 5) is 12.6. The molecule has 0 saturated heterocycles. The van der Waals surface area contributed by atoms with E-state index < -0.39 is 5.91 Å². The van der Waals surface area contributed by atoms with Crippen molar-refractivity contribution in [2.45, 2.75) is 0 Å². The third kappa shape index (κ3) is 5.18. The van der Waals surface area contributed by atoms with E-state index >= 15 is 0 Å². The van der Waals surface area contributed by atoms with Gasteiger partial charge in [0.15, 0.2) is 0 Å². The van der Waals surface area contributed by atoms with Gasteiger partial charge in [-0.3, -0.25) is 4.79 Å². The first-order valence-corrected chi connectivity index (χ1v) is 10.5. The van der Waals surface area contributed by atoms with Crippen molar-refractivity contribution in [1.82, 2.24) is 0 Å². The van der Waals surface area contributed by atoms with Crippen molar-refractivity contribution in [3.63, 3.8) is 0 Å². The van der Waals surface area contributed by atoms with Gasteiger partial charge in [0.25, 0.3) is 5.91 Å². The summed E-state index contributed by atoms with van der Waals surface area (Å²) >= 11 is 16.1. The molecule has 0 radical (unpaired) electrons. The highest BCUT2D eigenvalue weighted by atomic mass is 127. The molecule has 1 amide bonds. The van der Waals surface area contributed by atoms with Crippen molar-refractivity contribution in [3.8, 4) is 17.2 Å². The number of hydrogen-bond acceptors (Lipinski definition) is 3. The number of carbonyl (C=O) groups is 1. The van der Waals surface area contributed by atoms with Gasteiger partial charge in [-0.25, -0.2) is 0 Å². The van der Waals surface area contributed by atoms with Crippen LogP contribution in [0.15, 0.2) is 54.6 Å². The summed E-state index contributed by atoms with van der Waals surface area (Å²) in [5.41, 5.74) is 0.683. The summed E-state index contributed by atoms with van der Waals surface area (Å²) < 4.78 is 7.21. The molecule has 27 heavy (non-hydrogen) atoms. The van der Waals surface area contributed by atoms with Crippen molar-refractivity contribution >= 4 is 80.0 Å². The number of carbonyl (C=O) groups excluding carboxylic acids is 1. The lowest BCUT2D eigenvalue weighted by Gasteiger charge is -2.12. The highest BCUT2D eigenvalue weighted by Gasteiger charge is 2.16. The number of aromatic hydroxyl groups is 1. The fourth-order valence-electron chi connectivity index (χ4n) is 2.23. The molecule has 0 aliphatic rings. The molecule has 0 saturated carbocycles. The van der Waals surface area contributed by atoms with Crippen molar-refractivity contribution in [2.24, 2.45) is 0 Å². The largest absolute Gasteiger partial charge is 0.506 e. The summed E-state index contributed by atoms with van der Waals surface area (Å²) in [6.07, 6.45) is 0. The van der Waals surface area contributed by atoms with Crippen LogP contribution in [0.4, 0.5) is 5.69 Å². The lowest BCUT2D eigenvalue weighted by molar-refractivity contribution is 0.102. The number of amides is 1. The van der Waals surface area contributed by atoms with Gasteiger partial charge < -0.3 is 15.2 Å². The Morgan fingerprint density at radius 2 is 1.70 bits per heavy atom. The molecule has 0 atom stereocenters. The molecular weight excluding hydrogens is 615 g/mol. The van der Waals surface area contributed by atoms with Crippen LogP contribution >= 0.6 is 68.4 Å². The molecule has 3 aromatic rings. The third-order valence-electron chi connectivity index (χ3n) is 3.50. The average molecular weight is 626 g/mol. The smallest absolute Gasteiger partial charge is 0.259 e. The van der Waals surface area contributed by atoms with Crippen LogP contribution in [0.3, 0.4) is 0 Å². The molecule has 138 valence electrons. The minimum atomic E-state index is -0.427. The van der Waals surface area contributed by atoms with Gasteiger partial charge in [0, 0.05) is 20.3 Å². The molecule has 0 aliphatic heterocycles. The fourth-order valence-corrected chi connectivity index (χ4v) is 4.35. The van der Waals surface area contributed by atoms with Gasteiger partial charge in [-0.2, -0.15) is 0 Å². The van der Waals surface area contributed by atoms with E-state index in [1.54, 1.807) is 54.6 Å². The highest BCUT2D eigenvalue weighted by molar-refractivity contribution is 14.1. The van der Waals surface area contributed by atoms with Crippen LogP contribution in [-0.2, 0) is 0 Å². The number of phenolic OH excluding ortho intramolecular Hbond substituents is 1. The summed E-state index contributed by atoms with van der Waals surface area (Å²) in [6, 6.07) is 15.2. The van der Waals surface area contributed by atoms with E-state index in [4.69, 9.17) is 27.9 Å². The Bertz CT molecular complexity index is 1010. The van der Waals surface area contributed by atoms with Gasteiger partial charge in [0.1, 0.15) is 17.2 Å². The van der Waals surface area contributed by atoms with Gasteiger partial charge in [0.2, 0.25) is 0 Å². The second-order valence-corrected chi connectivity index (χ2v) is 8.69. The first kappa shape index (κ1) is 20.5. The quantitative estimate of drug-likeness (QED) is 0.309. The van der Waals surface area contributed by atoms with E-state index in [9.17, 15) is 9.90 Å². The Morgan fingerprint density at radius 1 is 1.00 bits per heavy atom. The molecule has 4 nitrogen and oxygen atoms in total. The van der Waals surface area contributed by atoms with E-state index in [0.717, 1.165) is 3.57 Å². The maximum absolute atomic E-state index is 12.6. The summed E-state index contributed by atoms with van der Waals surface area (Å²) in [6.45, 7) is 0. The van der Waals surface area contributed by atoms with Crippen LogP contribution in [0.2, 0.25) is 10.0 Å². The second-order valence-electron chi connectivity index (χ2n) is 5.44. The number of rotatable bonds is 4. The average Bonchev–Trinajstić information content (AvgIpc) is 2.62. The second kappa shape index (κ2) is 8.85. The van der Waals surface area contributed by atoms with Crippen LogP contribution in [0.1, 0.15) is 10.4 Å². The molecule has 3 aromatic carbocycles. The van der Waals surface area contributed by atoms with E-state index in [2.05, 4.69) is 27.9 Å². The third-order valence-corrected chi connectivity index (χ3v) is 5.51. The Labute approximate surface area is 193 Å². The van der Waals surface area contributed by atoms with E-state index in [1.165, 1.54) is 0 Å². The molecule has 0 spiro atoms. The molecule has 8 heteroatoms. The number of halogens is 4. The number of hydrogen-bond donors (Lipinski definition) is 2. The lowest BCUT2D eigenvalue weighted by Crippen LogP contribution is -2.13. The van der Waals surface area contributed by atoms with Gasteiger partial charge >= 0.3 is 0 Å². The normalized spacial score (nSPS) is 10.5. The molecule has 0 bridgehead atoms. The zero-order chi connectivity index (χ0) is 19.6.